The summed E-state index contributed by atoms with van der Waals surface area (Å²) in [5.41, 5.74) is 1.28. The van der Waals surface area contributed by atoms with Gasteiger partial charge in [0.2, 0.25) is 0 Å². The van der Waals surface area contributed by atoms with Gasteiger partial charge in [0.15, 0.2) is 0 Å². The Kier molecular flexibility index (Phi) is 4.35. The van der Waals surface area contributed by atoms with Gasteiger partial charge >= 0.3 is 0 Å². The molecule has 0 aromatic carbocycles. The number of likely N-dealkylation sites (tertiary alicyclic amines) is 1. The molecule has 3 aliphatic rings. The van der Waals surface area contributed by atoms with Gasteiger partial charge in [0.1, 0.15) is 11.3 Å². The van der Waals surface area contributed by atoms with Crippen molar-refractivity contribution in [3.8, 4) is 0 Å². The van der Waals surface area contributed by atoms with Crippen molar-refractivity contribution in [2.24, 2.45) is 11.8 Å². The SMILES string of the molecule is Cc1noc(C)c1C(=O)N[C@H]1CN(C2CCOCC2)C[C@@H]1C1CC1. The predicted octanol–water partition coefficient (Wildman–Crippen LogP) is 1.91. The lowest BCUT2D eigenvalue weighted by Crippen LogP contribution is -2.43. The molecule has 6 nitrogen and oxygen atoms in total. The molecule has 1 amide bonds. The van der Waals surface area contributed by atoms with Gasteiger partial charge in [-0.15, -0.1) is 0 Å². The van der Waals surface area contributed by atoms with Crippen molar-refractivity contribution in [1.82, 2.24) is 15.4 Å². The number of hydrogen-bond acceptors (Lipinski definition) is 5. The van der Waals surface area contributed by atoms with Crippen LogP contribution in [-0.2, 0) is 4.74 Å². The minimum atomic E-state index is -0.0317. The number of carbonyl (C=O) groups excluding carboxylic acids is 1. The molecule has 0 radical (unpaired) electrons. The standard InChI is InChI=1S/C18H27N3O3/c1-11-17(12(2)24-20-11)18(22)19-16-10-21(9-15(16)13-3-4-13)14-5-7-23-8-6-14/h13-16H,3-10H2,1-2H3,(H,19,22)/t15-,16+/m1/s1. The Hall–Kier alpha value is -1.40. The van der Waals surface area contributed by atoms with Gasteiger partial charge < -0.3 is 14.6 Å². The van der Waals surface area contributed by atoms with E-state index in [2.05, 4.69) is 15.4 Å². The molecular formula is C18H27N3O3. The van der Waals surface area contributed by atoms with Gasteiger partial charge in [-0.2, -0.15) is 0 Å². The van der Waals surface area contributed by atoms with Crippen LogP contribution in [0.15, 0.2) is 4.52 Å². The summed E-state index contributed by atoms with van der Waals surface area (Å²) < 4.78 is 10.6. The van der Waals surface area contributed by atoms with Crippen LogP contribution in [0.2, 0.25) is 0 Å². The molecule has 3 fully saturated rings. The van der Waals surface area contributed by atoms with E-state index in [0.717, 1.165) is 45.1 Å². The molecule has 0 bridgehead atoms. The predicted molar refractivity (Wildman–Crippen MR) is 88.9 cm³/mol. The van der Waals surface area contributed by atoms with Crippen molar-refractivity contribution >= 4 is 5.91 Å². The van der Waals surface area contributed by atoms with Crippen molar-refractivity contribution in [3.05, 3.63) is 17.0 Å². The highest BCUT2D eigenvalue weighted by atomic mass is 16.5. The fraction of sp³-hybridized carbons (Fsp3) is 0.778. The average Bonchev–Trinajstić information content (AvgIpc) is 3.26. The fourth-order valence-corrected chi connectivity index (χ4v) is 4.41. The van der Waals surface area contributed by atoms with E-state index in [1.807, 2.05) is 6.92 Å². The van der Waals surface area contributed by atoms with Crippen molar-refractivity contribution < 1.29 is 14.1 Å². The van der Waals surface area contributed by atoms with Crippen molar-refractivity contribution in [1.29, 1.82) is 0 Å². The zero-order valence-corrected chi connectivity index (χ0v) is 14.6. The summed E-state index contributed by atoms with van der Waals surface area (Å²) in [6.45, 7) is 7.43. The second kappa shape index (κ2) is 6.48. The Balaban J connectivity index is 1.45. The second-order valence-corrected chi connectivity index (χ2v) is 7.58. The number of aryl methyl sites for hydroxylation is 2. The van der Waals surface area contributed by atoms with Gasteiger partial charge in [-0.1, -0.05) is 5.16 Å². The van der Waals surface area contributed by atoms with Crippen molar-refractivity contribution in [2.45, 2.75) is 51.6 Å². The molecule has 1 aromatic heterocycles. The first-order valence-electron chi connectivity index (χ1n) is 9.19. The Labute approximate surface area is 142 Å². The van der Waals surface area contributed by atoms with Crippen LogP contribution in [0.25, 0.3) is 0 Å². The van der Waals surface area contributed by atoms with Crippen LogP contribution in [-0.4, -0.2) is 54.4 Å². The van der Waals surface area contributed by atoms with E-state index in [4.69, 9.17) is 9.26 Å². The highest BCUT2D eigenvalue weighted by molar-refractivity contribution is 5.96. The molecule has 2 atom stereocenters. The van der Waals surface area contributed by atoms with E-state index in [1.165, 1.54) is 12.8 Å². The highest BCUT2D eigenvalue weighted by Gasteiger charge is 2.45. The zero-order valence-electron chi connectivity index (χ0n) is 14.6. The summed E-state index contributed by atoms with van der Waals surface area (Å²) in [6, 6.07) is 0.850. The van der Waals surface area contributed by atoms with Crippen LogP contribution in [0.4, 0.5) is 0 Å². The van der Waals surface area contributed by atoms with E-state index in [9.17, 15) is 4.79 Å². The van der Waals surface area contributed by atoms with E-state index < -0.39 is 0 Å². The Bertz CT molecular complexity index is 585. The van der Waals surface area contributed by atoms with E-state index in [-0.39, 0.29) is 11.9 Å². The molecule has 3 heterocycles. The molecular weight excluding hydrogens is 306 g/mol. The fourth-order valence-electron chi connectivity index (χ4n) is 4.41. The number of rotatable bonds is 4. The van der Waals surface area contributed by atoms with E-state index in [1.54, 1.807) is 6.92 Å². The van der Waals surface area contributed by atoms with Crippen LogP contribution in [0.1, 0.15) is 47.5 Å². The average molecular weight is 333 g/mol. The monoisotopic (exact) mass is 333 g/mol. The first-order chi connectivity index (χ1) is 11.6. The Morgan fingerprint density at radius 1 is 1.17 bits per heavy atom. The molecule has 1 aromatic rings. The Morgan fingerprint density at radius 3 is 2.54 bits per heavy atom. The summed E-state index contributed by atoms with van der Waals surface area (Å²) in [7, 11) is 0. The maximum absolute atomic E-state index is 12.7. The van der Waals surface area contributed by atoms with Crippen LogP contribution in [0.5, 0.6) is 0 Å². The first kappa shape index (κ1) is 16.1. The largest absolute Gasteiger partial charge is 0.381 e. The third-order valence-electron chi connectivity index (χ3n) is 5.91. The minimum absolute atomic E-state index is 0.0317. The first-order valence-corrected chi connectivity index (χ1v) is 9.19. The maximum Gasteiger partial charge on any atom is 0.257 e. The molecule has 1 aliphatic carbocycles. The maximum atomic E-state index is 12.7. The highest BCUT2D eigenvalue weighted by Crippen LogP contribution is 2.42. The summed E-state index contributed by atoms with van der Waals surface area (Å²) in [6.07, 6.45) is 4.85. The minimum Gasteiger partial charge on any atom is -0.381 e. The molecule has 2 saturated heterocycles. The molecule has 2 aliphatic heterocycles. The molecule has 0 unspecified atom stereocenters. The normalized spacial score (nSPS) is 29.1. The number of carbonyl (C=O) groups is 1. The van der Waals surface area contributed by atoms with Crippen LogP contribution in [0.3, 0.4) is 0 Å². The molecule has 4 rings (SSSR count). The summed E-state index contributed by atoms with van der Waals surface area (Å²) in [5.74, 6) is 1.94. The van der Waals surface area contributed by atoms with Gasteiger partial charge in [0.25, 0.3) is 5.91 Å². The molecule has 0 spiro atoms. The zero-order chi connectivity index (χ0) is 16.7. The topological polar surface area (TPSA) is 67.6 Å². The van der Waals surface area contributed by atoms with E-state index >= 15 is 0 Å². The lowest BCUT2D eigenvalue weighted by Gasteiger charge is -2.31. The second-order valence-electron chi connectivity index (χ2n) is 7.58. The van der Waals surface area contributed by atoms with Gasteiger partial charge in [0, 0.05) is 38.4 Å². The lowest BCUT2D eigenvalue weighted by atomic mass is 9.97. The number of aromatic nitrogens is 1. The van der Waals surface area contributed by atoms with Gasteiger partial charge in [0.05, 0.1) is 5.69 Å². The summed E-state index contributed by atoms with van der Waals surface area (Å²) >= 11 is 0. The molecule has 132 valence electrons. The lowest BCUT2D eigenvalue weighted by molar-refractivity contribution is 0.0404. The smallest absolute Gasteiger partial charge is 0.257 e. The Morgan fingerprint density at radius 2 is 1.92 bits per heavy atom. The van der Waals surface area contributed by atoms with Crippen molar-refractivity contribution in [2.75, 3.05) is 26.3 Å². The third kappa shape index (κ3) is 3.09. The molecule has 6 heteroatoms. The third-order valence-corrected chi connectivity index (χ3v) is 5.91. The molecule has 1 saturated carbocycles. The van der Waals surface area contributed by atoms with Crippen LogP contribution >= 0.6 is 0 Å². The molecule has 1 N–H and O–H groups in total. The number of amides is 1. The number of hydrogen-bond donors (Lipinski definition) is 1. The molecule has 24 heavy (non-hydrogen) atoms. The van der Waals surface area contributed by atoms with Gasteiger partial charge in [-0.05, 0) is 51.4 Å². The van der Waals surface area contributed by atoms with Crippen LogP contribution < -0.4 is 5.32 Å². The number of nitrogens with zero attached hydrogens (tertiary/aromatic N) is 2. The van der Waals surface area contributed by atoms with E-state index in [0.29, 0.717) is 29.0 Å². The van der Waals surface area contributed by atoms with Crippen LogP contribution in [0, 0.1) is 25.7 Å². The van der Waals surface area contributed by atoms with Gasteiger partial charge in [-0.3, -0.25) is 9.69 Å². The summed E-state index contributed by atoms with van der Waals surface area (Å²) in [5, 5.41) is 7.20. The quantitative estimate of drug-likeness (QED) is 0.912. The number of ether oxygens (including phenoxy) is 1. The van der Waals surface area contributed by atoms with Crippen molar-refractivity contribution in [3.63, 3.8) is 0 Å². The summed E-state index contributed by atoms with van der Waals surface area (Å²) in [4.78, 5) is 15.3. The van der Waals surface area contributed by atoms with Gasteiger partial charge in [-0.25, -0.2) is 0 Å². The number of nitrogens with one attached hydrogen (secondary N) is 1.